The van der Waals surface area contributed by atoms with Gasteiger partial charge in [-0.2, -0.15) is 10.1 Å². The van der Waals surface area contributed by atoms with E-state index in [-0.39, 0.29) is 0 Å². The molecule has 0 bridgehead atoms. The highest BCUT2D eigenvalue weighted by atomic mass is 16.5. The van der Waals surface area contributed by atoms with E-state index < -0.39 is 0 Å². The molecule has 0 unspecified atom stereocenters. The highest BCUT2D eigenvalue weighted by Crippen LogP contribution is 2.19. The number of nitrogens with zero attached hydrogens (tertiary/aromatic N) is 7. The summed E-state index contributed by atoms with van der Waals surface area (Å²) in [4.78, 5) is 16.7. The third kappa shape index (κ3) is 2.48. The van der Waals surface area contributed by atoms with Crippen LogP contribution in [0, 0.1) is 0 Å². The van der Waals surface area contributed by atoms with Crippen LogP contribution >= 0.6 is 0 Å². The monoisotopic (exact) mass is 308 g/mol. The third-order valence-electron chi connectivity index (χ3n) is 3.34. The van der Waals surface area contributed by atoms with Gasteiger partial charge in [0.25, 0.3) is 0 Å². The minimum absolute atomic E-state index is 0.360. The molecule has 4 heterocycles. The molecule has 0 atom stereocenters. The predicted octanol–water partition coefficient (Wildman–Crippen LogP) is 1.42. The van der Waals surface area contributed by atoms with Crippen LogP contribution in [0.15, 0.2) is 41.6 Å². The summed E-state index contributed by atoms with van der Waals surface area (Å²) in [5.41, 5.74) is 1.61. The van der Waals surface area contributed by atoms with Gasteiger partial charge in [-0.1, -0.05) is 5.16 Å². The maximum atomic E-state index is 5.25. The number of nitrogens with one attached hydrogen (secondary N) is 1. The van der Waals surface area contributed by atoms with Gasteiger partial charge in [0.05, 0.1) is 18.1 Å². The lowest BCUT2D eigenvalue weighted by molar-refractivity contribution is 0.384. The summed E-state index contributed by atoms with van der Waals surface area (Å²) in [5.74, 6) is 1.66. The number of aryl methyl sites for hydroxylation is 1. The van der Waals surface area contributed by atoms with Crippen LogP contribution in [-0.2, 0) is 13.6 Å². The van der Waals surface area contributed by atoms with Crippen molar-refractivity contribution in [3.63, 3.8) is 0 Å². The van der Waals surface area contributed by atoms with Crippen molar-refractivity contribution in [3.8, 4) is 11.4 Å². The minimum Gasteiger partial charge on any atom is -0.360 e. The van der Waals surface area contributed by atoms with Gasteiger partial charge in [-0.25, -0.2) is 9.97 Å². The van der Waals surface area contributed by atoms with Crippen molar-refractivity contribution in [2.45, 2.75) is 6.54 Å². The summed E-state index contributed by atoms with van der Waals surface area (Å²) >= 11 is 0. The highest BCUT2D eigenvalue weighted by molar-refractivity contribution is 5.85. The van der Waals surface area contributed by atoms with E-state index in [1.165, 1.54) is 6.33 Å². The molecule has 0 saturated carbocycles. The van der Waals surface area contributed by atoms with Gasteiger partial charge in [-0.05, 0) is 12.1 Å². The van der Waals surface area contributed by atoms with Crippen LogP contribution in [0.5, 0.6) is 0 Å². The van der Waals surface area contributed by atoms with Crippen LogP contribution in [0.2, 0.25) is 0 Å². The quantitative estimate of drug-likeness (QED) is 0.603. The zero-order chi connectivity index (χ0) is 15.6. The molecule has 0 aromatic carbocycles. The second-order valence-corrected chi connectivity index (χ2v) is 4.83. The first kappa shape index (κ1) is 13.3. The van der Waals surface area contributed by atoms with Crippen molar-refractivity contribution in [2.75, 3.05) is 5.32 Å². The third-order valence-corrected chi connectivity index (χ3v) is 3.34. The molecule has 0 fully saturated rings. The lowest BCUT2D eigenvalue weighted by Crippen LogP contribution is -2.03. The molecule has 0 saturated heterocycles. The molecule has 9 nitrogen and oxygen atoms in total. The topological polar surface area (TPSA) is 107 Å². The molecular weight excluding hydrogens is 296 g/mol. The SMILES string of the molecule is Cn1ncc2c(NCc3nc(-c4ccncc4)no3)ncnc21. The standard InChI is InChI=1S/C14H12N8O/c1-22-14-10(6-19-22)13(17-8-18-14)16-7-11-20-12(21-23-11)9-2-4-15-5-3-9/h2-6,8H,7H2,1H3,(H,16,17,18). The van der Waals surface area contributed by atoms with Gasteiger partial charge >= 0.3 is 0 Å². The van der Waals surface area contributed by atoms with E-state index in [4.69, 9.17) is 4.52 Å². The number of hydrogen-bond acceptors (Lipinski definition) is 8. The molecule has 0 amide bonds. The number of rotatable bonds is 4. The van der Waals surface area contributed by atoms with E-state index in [1.807, 2.05) is 19.2 Å². The predicted molar refractivity (Wildman–Crippen MR) is 81.2 cm³/mol. The van der Waals surface area contributed by atoms with Gasteiger partial charge in [0.1, 0.15) is 12.1 Å². The Morgan fingerprint density at radius 1 is 1.22 bits per heavy atom. The smallest absolute Gasteiger partial charge is 0.246 e. The Kier molecular flexibility index (Phi) is 3.15. The molecule has 114 valence electrons. The van der Waals surface area contributed by atoms with Gasteiger partial charge in [0, 0.05) is 25.0 Å². The lowest BCUT2D eigenvalue weighted by atomic mass is 10.2. The lowest BCUT2D eigenvalue weighted by Gasteiger charge is -2.02. The minimum atomic E-state index is 0.360. The molecular formula is C14H12N8O. The fourth-order valence-electron chi connectivity index (χ4n) is 2.21. The molecule has 9 heteroatoms. The summed E-state index contributed by atoms with van der Waals surface area (Å²) in [5, 5.41) is 12.1. The van der Waals surface area contributed by atoms with Crippen LogP contribution in [0.4, 0.5) is 5.82 Å². The summed E-state index contributed by atoms with van der Waals surface area (Å²) < 4.78 is 6.94. The number of hydrogen-bond donors (Lipinski definition) is 1. The molecule has 0 aliphatic carbocycles. The fourth-order valence-corrected chi connectivity index (χ4v) is 2.21. The molecule has 4 aromatic heterocycles. The van der Waals surface area contributed by atoms with Crippen molar-refractivity contribution in [2.24, 2.45) is 7.05 Å². The van der Waals surface area contributed by atoms with Gasteiger partial charge < -0.3 is 9.84 Å². The van der Waals surface area contributed by atoms with Crippen LogP contribution in [-0.4, -0.2) is 34.9 Å². The van der Waals surface area contributed by atoms with E-state index in [2.05, 4.69) is 35.5 Å². The van der Waals surface area contributed by atoms with Gasteiger partial charge in [-0.15, -0.1) is 0 Å². The molecule has 1 N–H and O–H groups in total. The van der Waals surface area contributed by atoms with Crippen LogP contribution in [0.25, 0.3) is 22.4 Å². The van der Waals surface area contributed by atoms with E-state index in [1.54, 1.807) is 23.3 Å². The summed E-state index contributed by atoms with van der Waals surface area (Å²) in [6.45, 7) is 0.360. The Hall–Kier alpha value is -3.36. The molecule has 0 spiro atoms. The van der Waals surface area contributed by atoms with Gasteiger partial charge in [-0.3, -0.25) is 9.67 Å². The van der Waals surface area contributed by atoms with E-state index >= 15 is 0 Å². The van der Waals surface area contributed by atoms with Gasteiger partial charge in [0.2, 0.25) is 11.7 Å². The Balaban J connectivity index is 1.54. The number of fused-ring (bicyclic) bond motifs is 1. The Labute approximate surface area is 130 Å². The molecule has 0 aliphatic heterocycles. The first-order valence-corrected chi connectivity index (χ1v) is 6.91. The van der Waals surface area contributed by atoms with Crippen LogP contribution < -0.4 is 5.32 Å². The molecule has 4 aromatic rings. The summed E-state index contributed by atoms with van der Waals surface area (Å²) in [6, 6.07) is 3.65. The maximum absolute atomic E-state index is 5.25. The van der Waals surface area contributed by atoms with Crippen molar-refractivity contribution in [3.05, 3.63) is 42.9 Å². The normalized spacial score (nSPS) is 11.0. The van der Waals surface area contributed by atoms with Crippen LogP contribution in [0.1, 0.15) is 5.89 Å². The Morgan fingerprint density at radius 2 is 2.09 bits per heavy atom. The number of aromatic nitrogens is 7. The number of anilines is 1. The first-order valence-electron chi connectivity index (χ1n) is 6.91. The van der Waals surface area contributed by atoms with Crippen molar-refractivity contribution in [1.82, 2.24) is 34.9 Å². The zero-order valence-electron chi connectivity index (χ0n) is 12.2. The molecule has 0 radical (unpaired) electrons. The molecule has 23 heavy (non-hydrogen) atoms. The second-order valence-electron chi connectivity index (χ2n) is 4.83. The first-order chi connectivity index (χ1) is 11.3. The Morgan fingerprint density at radius 3 is 2.96 bits per heavy atom. The van der Waals surface area contributed by atoms with Crippen molar-refractivity contribution < 1.29 is 4.52 Å². The maximum Gasteiger partial charge on any atom is 0.246 e. The number of pyridine rings is 1. The van der Waals surface area contributed by atoms with Crippen molar-refractivity contribution in [1.29, 1.82) is 0 Å². The average Bonchev–Trinajstić information content (AvgIpc) is 3.22. The molecule has 0 aliphatic rings. The summed E-state index contributed by atoms with van der Waals surface area (Å²) in [6.07, 6.45) is 6.57. The summed E-state index contributed by atoms with van der Waals surface area (Å²) in [7, 11) is 1.83. The van der Waals surface area contributed by atoms with E-state index in [9.17, 15) is 0 Å². The van der Waals surface area contributed by atoms with Gasteiger partial charge in [0.15, 0.2) is 5.65 Å². The average molecular weight is 308 g/mol. The second kappa shape index (κ2) is 5.44. The Bertz CT molecular complexity index is 946. The van der Waals surface area contributed by atoms with Crippen molar-refractivity contribution >= 4 is 16.9 Å². The van der Waals surface area contributed by atoms with E-state index in [0.717, 1.165) is 16.6 Å². The van der Waals surface area contributed by atoms with Crippen LogP contribution in [0.3, 0.4) is 0 Å². The largest absolute Gasteiger partial charge is 0.360 e. The highest BCUT2D eigenvalue weighted by Gasteiger charge is 2.11. The fraction of sp³-hybridized carbons (Fsp3) is 0.143. The zero-order valence-corrected chi connectivity index (χ0v) is 12.2. The van der Waals surface area contributed by atoms with E-state index in [0.29, 0.717) is 24.1 Å². The molecule has 4 rings (SSSR count).